The first-order valence-electron chi connectivity index (χ1n) is 5.41. The molecule has 5 nitrogen and oxygen atoms in total. The molecule has 0 saturated heterocycles. The van der Waals surface area contributed by atoms with E-state index in [1.807, 2.05) is 0 Å². The van der Waals surface area contributed by atoms with Gasteiger partial charge < -0.3 is 11.1 Å². The fourth-order valence-electron chi connectivity index (χ4n) is 1.78. The Morgan fingerprint density at radius 3 is 2.69 bits per heavy atom. The lowest BCUT2D eigenvalue weighted by Gasteiger charge is -2.19. The SMILES string of the molecule is CC(C)C1(CNC(=O)c2nnc(N)s2)CC1. The van der Waals surface area contributed by atoms with Gasteiger partial charge in [0.25, 0.3) is 5.91 Å². The monoisotopic (exact) mass is 240 g/mol. The van der Waals surface area contributed by atoms with E-state index >= 15 is 0 Å². The molecule has 3 N–H and O–H groups in total. The third-order valence-electron chi connectivity index (χ3n) is 3.35. The summed E-state index contributed by atoms with van der Waals surface area (Å²) < 4.78 is 0. The average molecular weight is 240 g/mol. The summed E-state index contributed by atoms with van der Waals surface area (Å²) in [5.74, 6) is 0.438. The van der Waals surface area contributed by atoms with Gasteiger partial charge in [0.1, 0.15) is 0 Å². The van der Waals surface area contributed by atoms with Crippen LogP contribution in [-0.2, 0) is 0 Å². The van der Waals surface area contributed by atoms with Crippen LogP contribution in [0.5, 0.6) is 0 Å². The van der Waals surface area contributed by atoms with Crippen LogP contribution in [0.25, 0.3) is 0 Å². The van der Waals surface area contributed by atoms with Gasteiger partial charge in [0, 0.05) is 6.54 Å². The van der Waals surface area contributed by atoms with Crippen LogP contribution in [0.4, 0.5) is 5.13 Å². The summed E-state index contributed by atoms with van der Waals surface area (Å²) >= 11 is 1.12. The van der Waals surface area contributed by atoms with Gasteiger partial charge in [-0.05, 0) is 24.2 Å². The molecule has 0 aromatic carbocycles. The molecule has 1 aliphatic rings. The maximum Gasteiger partial charge on any atom is 0.282 e. The largest absolute Gasteiger partial charge is 0.374 e. The second-order valence-electron chi connectivity index (χ2n) is 4.65. The molecule has 2 rings (SSSR count). The number of nitrogen functional groups attached to an aromatic ring is 1. The maximum absolute atomic E-state index is 11.7. The van der Waals surface area contributed by atoms with Crippen molar-refractivity contribution >= 4 is 22.4 Å². The number of carbonyl (C=O) groups is 1. The Balaban J connectivity index is 1.89. The van der Waals surface area contributed by atoms with Gasteiger partial charge in [-0.2, -0.15) is 0 Å². The summed E-state index contributed by atoms with van der Waals surface area (Å²) in [5, 5.41) is 10.9. The van der Waals surface area contributed by atoms with Crippen LogP contribution in [0.2, 0.25) is 0 Å². The third kappa shape index (κ3) is 2.16. The smallest absolute Gasteiger partial charge is 0.282 e. The summed E-state index contributed by atoms with van der Waals surface area (Å²) in [5.41, 5.74) is 5.74. The summed E-state index contributed by atoms with van der Waals surface area (Å²) in [4.78, 5) is 11.7. The fraction of sp³-hybridized carbons (Fsp3) is 0.700. The molecule has 0 radical (unpaired) electrons. The molecule has 6 heteroatoms. The zero-order valence-electron chi connectivity index (χ0n) is 9.49. The highest BCUT2D eigenvalue weighted by atomic mass is 32.1. The molecule has 16 heavy (non-hydrogen) atoms. The minimum absolute atomic E-state index is 0.166. The lowest BCUT2D eigenvalue weighted by Crippen LogP contribution is -2.32. The van der Waals surface area contributed by atoms with Crippen molar-refractivity contribution in [3.8, 4) is 0 Å². The van der Waals surface area contributed by atoms with E-state index in [0.29, 0.717) is 21.5 Å². The molecule has 1 fully saturated rings. The van der Waals surface area contributed by atoms with E-state index in [4.69, 9.17) is 5.73 Å². The van der Waals surface area contributed by atoms with Crippen LogP contribution in [0.3, 0.4) is 0 Å². The summed E-state index contributed by atoms with van der Waals surface area (Å²) in [7, 11) is 0. The van der Waals surface area contributed by atoms with Crippen molar-refractivity contribution in [3.05, 3.63) is 5.01 Å². The van der Waals surface area contributed by atoms with E-state index in [2.05, 4.69) is 29.4 Å². The molecule has 0 unspecified atom stereocenters. The van der Waals surface area contributed by atoms with E-state index in [0.717, 1.165) is 17.9 Å². The number of nitrogens with two attached hydrogens (primary N) is 1. The van der Waals surface area contributed by atoms with Crippen molar-refractivity contribution in [2.24, 2.45) is 11.3 Å². The molecule has 0 spiro atoms. The molecule has 1 amide bonds. The molecule has 0 atom stereocenters. The number of aromatic nitrogens is 2. The van der Waals surface area contributed by atoms with Crippen LogP contribution < -0.4 is 11.1 Å². The van der Waals surface area contributed by atoms with Gasteiger partial charge in [0.15, 0.2) is 0 Å². The zero-order chi connectivity index (χ0) is 11.8. The predicted octanol–water partition coefficient (Wildman–Crippen LogP) is 1.29. The Morgan fingerprint density at radius 2 is 2.25 bits per heavy atom. The van der Waals surface area contributed by atoms with E-state index < -0.39 is 0 Å². The van der Waals surface area contributed by atoms with Gasteiger partial charge in [-0.3, -0.25) is 4.79 Å². The topological polar surface area (TPSA) is 80.9 Å². The van der Waals surface area contributed by atoms with Gasteiger partial charge in [0.2, 0.25) is 10.1 Å². The van der Waals surface area contributed by atoms with E-state index in [-0.39, 0.29) is 5.91 Å². The molecule has 1 aromatic rings. The third-order valence-corrected chi connectivity index (χ3v) is 4.10. The van der Waals surface area contributed by atoms with Crippen molar-refractivity contribution in [1.82, 2.24) is 15.5 Å². The Bertz CT molecular complexity index is 397. The first-order chi connectivity index (χ1) is 7.53. The second-order valence-corrected chi connectivity index (χ2v) is 5.65. The zero-order valence-corrected chi connectivity index (χ0v) is 10.3. The Morgan fingerprint density at radius 1 is 1.56 bits per heavy atom. The van der Waals surface area contributed by atoms with Gasteiger partial charge >= 0.3 is 0 Å². The lowest BCUT2D eigenvalue weighted by atomic mass is 9.92. The summed E-state index contributed by atoms with van der Waals surface area (Å²) in [6.45, 7) is 5.12. The number of anilines is 1. The number of nitrogens with one attached hydrogen (secondary N) is 1. The van der Waals surface area contributed by atoms with Crippen LogP contribution in [0.1, 0.15) is 36.5 Å². The number of nitrogens with zero attached hydrogens (tertiary/aromatic N) is 2. The molecular weight excluding hydrogens is 224 g/mol. The fourth-order valence-corrected chi connectivity index (χ4v) is 2.30. The van der Waals surface area contributed by atoms with Gasteiger partial charge in [-0.15, -0.1) is 10.2 Å². The van der Waals surface area contributed by atoms with Crippen LogP contribution in [0, 0.1) is 11.3 Å². The highest BCUT2D eigenvalue weighted by Crippen LogP contribution is 2.51. The van der Waals surface area contributed by atoms with Crippen molar-refractivity contribution < 1.29 is 4.79 Å². The number of carbonyl (C=O) groups excluding carboxylic acids is 1. The molecule has 88 valence electrons. The quantitative estimate of drug-likeness (QED) is 0.831. The van der Waals surface area contributed by atoms with Crippen LogP contribution in [-0.4, -0.2) is 22.6 Å². The van der Waals surface area contributed by atoms with Crippen molar-refractivity contribution in [3.63, 3.8) is 0 Å². The van der Waals surface area contributed by atoms with E-state index in [1.54, 1.807) is 0 Å². The Kier molecular flexibility index (Phi) is 2.84. The van der Waals surface area contributed by atoms with Crippen LogP contribution >= 0.6 is 11.3 Å². The number of hydrogen-bond donors (Lipinski definition) is 2. The van der Waals surface area contributed by atoms with Crippen molar-refractivity contribution in [1.29, 1.82) is 0 Å². The van der Waals surface area contributed by atoms with Gasteiger partial charge in [0.05, 0.1) is 0 Å². The normalized spacial score (nSPS) is 17.4. The molecule has 1 aliphatic carbocycles. The highest BCUT2D eigenvalue weighted by Gasteiger charge is 2.45. The lowest BCUT2D eigenvalue weighted by molar-refractivity contribution is 0.0938. The Labute approximate surface area is 98.4 Å². The highest BCUT2D eigenvalue weighted by molar-refractivity contribution is 7.16. The Hall–Kier alpha value is -1.17. The first-order valence-corrected chi connectivity index (χ1v) is 6.22. The van der Waals surface area contributed by atoms with Crippen molar-refractivity contribution in [2.45, 2.75) is 26.7 Å². The standard InChI is InChI=1S/C10H16N4OS/c1-6(2)10(3-4-10)5-12-7(15)8-13-14-9(11)16-8/h6H,3-5H2,1-2H3,(H2,11,14)(H,12,15). The molecule has 0 aliphatic heterocycles. The molecular formula is C10H16N4OS. The van der Waals surface area contributed by atoms with E-state index in [9.17, 15) is 4.79 Å². The second kappa shape index (κ2) is 4.01. The first kappa shape index (κ1) is 11.3. The van der Waals surface area contributed by atoms with Gasteiger partial charge in [-0.25, -0.2) is 0 Å². The maximum atomic E-state index is 11.7. The summed E-state index contributed by atoms with van der Waals surface area (Å²) in [6, 6.07) is 0. The average Bonchev–Trinajstić information content (AvgIpc) is 2.92. The molecule has 1 saturated carbocycles. The molecule has 0 bridgehead atoms. The van der Waals surface area contributed by atoms with Gasteiger partial charge in [-0.1, -0.05) is 25.2 Å². The molecule has 1 heterocycles. The predicted molar refractivity (Wildman–Crippen MR) is 63.2 cm³/mol. The summed E-state index contributed by atoms with van der Waals surface area (Å²) in [6.07, 6.45) is 2.40. The van der Waals surface area contributed by atoms with Crippen LogP contribution in [0.15, 0.2) is 0 Å². The molecule has 1 aromatic heterocycles. The minimum atomic E-state index is -0.166. The number of rotatable bonds is 4. The minimum Gasteiger partial charge on any atom is -0.374 e. The number of amides is 1. The number of hydrogen-bond acceptors (Lipinski definition) is 5. The van der Waals surface area contributed by atoms with Crippen molar-refractivity contribution in [2.75, 3.05) is 12.3 Å². The van der Waals surface area contributed by atoms with E-state index in [1.165, 1.54) is 12.8 Å².